The molecule has 1 fully saturated rings. The van der Waals surface area contributed by atoms with Crippen LogP contribution in [0.5, 0.6) is 0 Å². The number of hydrogen-bond donors (Lipinski definition) is 0. The van der Waals surface area contributed by atoms with Crippen LogP contribution in [0.2, 0.25) is 0 Å². The van der Waals surface area contributed by atoms with Crippen LogP contribution in [-0.4, -0.2) is 49.9 Å². The molecule has 1 atom stereocenters. The number of nitriles is 1. The van der Waals surface area contributed by atoms with Gasteiger partial charge in [0.25, 0.3) is 0 Å². The van der Waals surface area contributed by atoms with Gasteiger partial charge in [0.05, 0.1) is 23.6 Å². The van der Waals surface area contributed by atoms with E-state index >= 15 is 0 Å². The summed E-state index contributed by atoms with van der Waals surface area (Å²) in [7, 11) is -2.37. The molecule has 1 aromatic carbocycles. The van der Waals surface area contributed by atoms with Crippen molar-refractivity contribution >= 4 is 27.8 Å². The van der Waals surface area contributed by atoms with E-state index in [1.165, 1.54) is 47.4 Å². The van der Waals surface area contributed by atoms with E-state index in [9.17, 15) is 13.2 Å². The van der Waals surface area contributed by atoms with Crippen LogP contribution >= 0.6 is 11.8 Å². The van der Waals surface area contributed by atoms with Gasteiger partial charge < -0.3 is 4.74 Å². The largest absolute Gasteiger partial charge is 0.468 e. The summed E-state index contributed by atoms with van der Waals surface area (Å²) in [4.78, 5) is 11.7. The Hall–Kier alpha value is -1.56. The lowest BCUT2D eigenvalue weighted by molar-refractivity contribution is -0.140. The Balaban J connectivity index is 2.22. The van der Waals surface area contributed by atoms with E-state index in [1.807, 2.05) is 6.07 Å². The first-order valence-corrected chi connectivity index (χ1v) is 8.67. The molecule has 0 amide bonds. The van der Waals surface area contributed by atoms with Crippen LogP contribution in [0.25, 0.3) is 0 Å². The Morgan fingerprint density at radius 3 is 2.67 bits per heavy atom. The second kappa shape index (κ2) is 6.47. The maximum atomic E-state index is 12.5. The average molecular weight is 326 g/mol. The molecule has 2 rings (SSSR count). The number of rotatable bonds is 3. The molecule has 1 aliphatic heterocycles. The highest BCUT2D eigenvalue weighted by Gasteiger charge is 2.34. The molecule has 6 nitrogen and oxygen atoms in total. The molecular weight excluding hydrogens is 312 g/mol. The van der Waals surface area contributed by atoms with Crippen molar-refractivity contribution in [2.45, 2.75) is 10.1 Å². The maximum absolute atomic E-state index is 12.5. The standard InChI is InChI=1S/C13H14N2O4S2/c1-19-13(16)12-9-15(6-7-20-12)21(17,18)11-4-2-10(8-14)3-5-11/h2-5,12H,6-7,9H2,1H3/t12-/m0/s1. The van der Waals surface area contributed by atoms with Gasteiger partial charge in [-0.2, -0.15) is 9.57 Å². The van der Waals surface area contributed by atoms with Gasteiger partial charge in [-0.3, -0.25) is 4.79 Å². The minimum atomic E-state index is -3.66. The molecule has 0 N–H and O–H groups in total. The monoisotopic (exact) mass is 326 g/mol. The number of esters is 1. The zero-order valence-electron chi connectivity index (χ0n) is 11.4. The lowest BCUT2D eigenvalue weighted by Gasteiger charge is -2.30. The summed E-state index contributed by atoms with van der Waals surface area (Å²) in [6, 6.07) is 7.68. The molecule has 21 heavy (non-hydrogen) atoms. The van der Waals surface area contributed by atoms with Crippen LogP contribution in [0.1, 0.15) is 5.56 Å². The lowest BCUT2D eigenvalue weighted by Crippen LogP contribution is -2.44. The molecule has 0 radical (unpaired) electrons. The third kappa shape index (κ3) is 3.37. The summed E-state index contributed by atoms with van der Waals surface area (Å²) in [6.07, 6.45) is 0. The van der Waals surface area contributed by atoms with Crippen LogP contribution in [0, 0.1) is 11.3 Å². The van der Waals surface area contributed by atoms with E-state index in [2.05, 4.69) is 4.74 Å². The van der Waals surface area contributed by atoms with Crippen LogP contribution in [-0.2, 0) is 19.6 Å². The molecule has 0 unspecified atom stereocenters. The predicted molar refractivity (Wildman–Crippen MR) is 78.2 cm³/mol. The summed E-state index contributed by atoms with van der Waals surface area (Å²) >= 11 is 1.39. The van der Waals surface area contributed by atoms with Crippen LogP contribution in [0.15, 0.2) is 29.2 Å². The maximum Gasteiger partial charge on any atom is 0.320 e. The second-order valence-electron chi connectivity index (χ2n) is 4.38. The van der Waals surface area contributed by atoms with Gasteiger partial charge in [0.2, 0.25) is 10.0 Å². The molecule has 0 bridgehead atoms. The molecular formula is C13H14N2O4S2. The van der Waals surface area contributed by atoms with Gasteiger partial charge >= 0.3 is 5.97 Å². The van der Waals surface area contributed by atoms with Crippen molar-refractivity contribution in [3.63, 3.8) is 0 Å². The van der Waals surface area contributed by atoms with Gasteiger partial charge in [-0.05, 0) is 24.3 Å². The number of methoxy groups -OCH3 is 1. The molecule has 1 heterocycles. The number of sulfonamides is 1. The van der Waals surface area contributed by atoms with Crippen molar-refractivity contribution < 1.29 is 17.9 Å². The first-order valence-electron chi connectivity index (χ1n) is 6.19. The molecule has 0 spiro atoms. The number of carbonyl (C=O) groups excluding carboxylic acids is 1. The first kappa shape index (κ1) is 15.8. The molecule has 8 heteroatoms. The number of ether oxygens (including phenoxy) is 1. The van der Waals surface area contributed by atoms with E-state index in [0.29, 0.717) is 17.9 Å². The Morgan fingerprint density at radius 1 is 1.43 bits per heavy atom. The zero-order chi connectivity index (χ0) is 15.5. The highest BCUT2D eigenvalue weighted by molar-refractivity contribution is 8.00. The Kier molecular flexibility index (Phi) is 4.88. The van der Waals surface area contributed by atoms with Gasteiger partial charge in [-0.25, -0.2) is 8.42 Å². The lowest BCUT2D eigenvalue weighted by atomic mass is 10.2. The smallest absolute Gasteiger partial charge is 0.320 e. The van der Waals surface area contributed by atoms with Crippen molar-refractivity contribution in [3.05, 3.63) is 29.8 Å². The number of nitrogens with zero attached hydrogens (tertiary/aromatic N) is 2. The van der Waals surface area contributed by atoms with E-state index in [1.54, 1.807) is 0 Å². The normalized spacial score (nSPS) is 19.7. The van der Waals surface area contributed by atoms with E-state index in [4.69, 9.17) is 5.26 Å². The Labute approximate surface area is 127 Å². The van der Waals surface area contributed by atoms with Gasteiger partial charge in [0.1, 0.15) is 5.25 Å². The Bertz CT molecular complexity index is 664. The average Bonchev–Trinajstić information content (AvgIpc) is 2.54. The minimum Gasteiger partial charge on any atom is -0.468 e. The molecule has 0 saturated carbocycles. The number of benzene rings is 1. The van der Waals surface area contributed by atoms with E-state index in [0.717, 1.165) is 0 Å². The third-order valence-electron chi connectivity index (χ3n) is 3.11. The predicted octanol–water partition coefficient (Wildman–Crippen LogP) is 0.837. The summed E-state index contributed by atoms with van der Waals surface area (Å²) < 4.78 is 31.0. The molecule has 1 aromatic rings. The van der Waals surface area contributed by atoms with Crippen molar-refractivity contribution in [2.24, 2.45) is 0 Å². The highest BCUT2D eigenvalue weighted by Crippen LogP contribution is 2.25. The summed E-state index contributed by atoms with van der Waals surface area (Å²) in [5.74, 6) is 0.120. The number of carbonyl (C=O) groups is 1. The van der Waals surface area contributed by atoms with E-state index < -0.39 is 21.2 Å². The van der Waals surface area contributed by atoms with Gasteiger partial charge in [-0.15, -0.1) is 11.8 Å². The molecule has 1 saturated heterocycles. The highest BCUT2D eigenvalue weighted by atomic mass is 32.2. The van der Waals surface area contributed by atoms with Crippen LogP contribution in [0.4, 0.5) is 0 Å². The summed E-state index contributed by atoms with van der Waals surface area (Å²) in [5.41, 5.74) is 0.399. The van der Waals surface area contributed by atoms with Gasteiger partial charge in [0.15, 0.2) is 0 Å². The second-order valence-corrected chi connectivity index (χ2v) is 7.63. The number of thioether (sulfide) groups is 1. The van der Waals surface area contributed by atoms with Crippen LogP contribution in [0.3, 0.4) is 0 Å². The van der Waals surface area contributed by atoms with Crippen molar-refractivity contribution in [2.75, 3.05) is 26.0 Å². The topological polar surface area (TPSA) is 87.5 Å². The zero-order valence-corrected chi connectivity index (χ0v) is 13.0. The number of hydrogen-bond acceptors (Lipinski definition) is 6. The summed E-state index contributed by atoms with van der Waals surface area (Å²) in [6.45, 7) is 0.445. The van der Waals surface area contributed by atoms with Crippen molar-refractivity contribution in [1.82, 2.24) is 4.31 Å². The fourth-order valence-corrected chi connectivity index (χ4v) is 4.76. The first-order chi connectivity index (χ1) is 9.98. The summed E-state index contributed by atoms with van der Waals surface area (Å²) in [5, 5.41) is 8.24. The minimum absolute atomic E-state index is 0.0969. The molecule has 0 aromatic heterocycles. The molecule has 112 valence electrons. The third-order valence-corrected chi connectivity index (χ3v) is 6.16. The van der Waals surface area contributed by atoms with Crippen molar-refractivity contribution in [3.8, 4) is 6.07 Å². The molecule has 1 aliphatic rings. The van der Waals surface area contributed by atoms with E-state index in [-0.39, 0.29) is 11.4 Å². The van der Waals surface area contributed by atoms with Crippen molar-refractivity contribution in [1.29, 1.82) is 5.26 Å². The SMILES string of the molecule is COC(=O)[C@@H]1CN(S(=O)(=O)c2ccc(C#N)cc2)CCS1. The van der Waals surface area contributed by atoms with Gasteiger partial charge in [0, 0.05) is 18.8 Å². The van der Waals surface area contributed by atoms with Gasteiger partial charge in [-0.1, -0.05) is 0 Å². The fourth-order valence-electron chi connectivity index (χ4n) is 1.97. The van der Waals surface area contributed by atoms with Crippen LogP contribution < -0.4 is 0 Å². The Morgan fingerprint density at radius 2 is 2.10 bits per heavy atom. The molecule has 0 aliphatic carbocycles. The quantitative estimate of drug-likeness (QED) is 0.765. The fraction of sp³-hybridized carbons (Fsp3) is 0.385.